The van der Waals surface area contributed by atoms with E-state index in [1.165, 1.54) is 0 Å². The average Bonchev–Trinajstić information content (AvgIpc) is 2.47. The predicted octanol–water partition coefficient (Wildman–Crippen LogP) is 4.33. The number of anilines is 2. The normalized spacial score (nSPS) is 10.3. The molecule has 0 saturated heterocycles. The Labute approximate surface area is 127 Å². The summed E-state index contributed by atoms with van der Waals surface area (Å²) in [7, 11) is 1.64. The highest BCUT2D eigenvalue weighted by Gasteiger charge is 2.06. The Morgan fingerprint density at radius 3 is 2.90 bits per heavy atom. The van der Waals surface area contributed by atoms with Crippen LogP contribution in [0.25, 0.3) is 0 Å². The first-order valence-corrected chi connectivity index (χ1v) is 7.44. The maximum absolute atomic E-state index is 5.35. The van der Waals surface area contributed by atoms with Crippen LogP contribution < -0.4 is 10.1 Å². The number of rotatable bonds is 6. The van der Waals surface area contributed by atoms with Crippen LogP contribution in [0.5, 0.6) is 5.75 Å². The molecular weight excluding hydrogens is 318 g/mol. The van der Waals surface area contributed by atoms with E-state index in [1.807, 2.05) is 24.3 Å². The second kappa shape index (κ2) is 7.24. The van der Waals surface area contributed by atoms with Gasteiger partial charge in [-0.1, -0.05) is 29.3 Å². The van der Waals surface area contributed by atoms with Gasteiger partial charge in [-0.15, -0.1) is 0 Å². The van der Waals surface area contributed by atoms with Gasteiger partial charge in [-0.05, 0) is 37.1 Å². The van der Waals surface area contributed by atoms with E-state index in [9.17, 15) is 0 Å². The third-order valence-electron chi connectivity index (χ3n) is 2.91. The molecule has 0 aliphatic heterocycles. The van der Waals surface area contributed by atoms with Crippen LogP contribution in [0.1, 0.15) is 25.5 Å². The fourth-order valence-corrected chi connectivity index (χ4v) is 2.18. The first-order valence-electron chi connectivity index (χ1n) is 6.65. The molecule has 1 aromatic carbocycles. The minimum Gasteiger partial charge on any atom is -0.495 e. The van der Waals surface area contributed by atoms with Crippen LogP contribution in [-0.2, 0) is 6.42 Å². The molecule has 106 valence electrons. The highest BCUT2D eigenvalue weighted by Crippen LogP contribution is 2.29. The molecule has 0 unspecified atom stereocenters. The van der Waals surface area contributed by atoms with Gasteiger partial charge in [0.05, 0.1) is 12.8 Å². The number of halogens is 1. The Hall–Kier alpha value is -1.62. The fourth-order valence-electron chi connectivity index (χ4n) is 1.84. The van der Waals surface area contributed by atoms with Crippen LogP contribution >= 0.6 is 15.9 Å². The Balaban J connectivity index is 2.17. The summed E-state index contributed by atoms with van der Waals surface area (Å²) in [5, 5.41) is 3.20. The van der Waals surface area contributed by atoms with Crippen LogP contribution in [-0.4, -0.2) is 17.1 Å². The van der Waals surface area contributed by atoms with Crippen molar-refractivity contribution in [2.24, 2.45) is 0 Å². The lowest BCUT2D eigenvalue weighted by atomic mass is 10.2. The van der Waals surface area contributed by atoms with E-state index in [0.717, 1.165) is 40.9 Å². The third-order valence-corrected chi connectivity index (χ3v) is 3.40. The summed E-state index contributed by atoms with van der Waals surface area (Å²) in [4.78, 5) is 8.76. The molecule has 0 spiro atoms. The summed E-state index contributed by atoms with van der Waals surface area (Å²) >= 11 is 3.42. The second-order valence-electron chi connectivity index (χ2n) is 4.44. The zero-order valence-electron chi connectivity index (χ0n) is 11.7. The van der Waals surface area contributed by atoms with E-state index in [-0.39, 0.29) is 0 Å². The molecule has 0 saturated carbocycles. The van der Waals surface area contributed by atoms with Gasteiger partial charge in [-0.2, -0.15) is 0 Å². The number of ether oxygens (including phenoxy) is 1. The van der Waals surface area contributed by atoms with E-state index >= 15 is 0 Å². The molecule has 1 N–H and O–H groups in total. The van der Waals surface area contributed by atoms with Crippen molar-refractivity contribution in [3.05, 3.63) is 40.6 Å². The Morgan fingerprint density at radius 1 is 1.30 bits per heavy atom. The number of hydrogen-bond acceptors (Lipinski definition) is 4. The number of nitrogens with one attached hydrogen (secondary N) is 1. The summed E-state index contributed by atoms with van der Waals surface area (Å²) in [5.41, 5.74) is 1.91. The Morgan fingerprint density at radius 2 is 2.15 bits per heavy atom. The van der Waals surface area contributed by atoms with Crippen molar-refractivity contribution in [3.8, 4) is 5.75 Å². The summed E-state index contributed by atoms with van der Waals surface area (Å²) in [5.74, 6) is 1.35. The molecule has 0 radical (unpaired) electrons. The molecule has 2 rings (SSSR count). The number of hydrogen-bond donors (Lipinski definition) is 1. The lowest BCUT2D eigenvalue weighted by molar-refractivity contribution is 0.416. The van der Waals surface area contributed by atoms with Crippen LogP contribution in [0.2, 0.25) is 0 Å². The minimum atomic E-state index is 0.597. The Kier molecular flexibility index (Phi) is 5.35. The zero-order valence-corrected chi connectivity index (χ0v) is 13.3. The van der Waals surface area contributed by atoms with E-state index in [2.05, 4.69) is 38.1 Å². The molecule has 5 heteroatoms. The van der Waals surface area contributed by atoms with E-state index in [1.54, 1.807) is 13.3 Å². The number of aromatic nitrogens is 2. The lowest BCUT2D eigenvalue weighted by Gasteiger charge is -2.11. The first-order chi connectivity index (χ1) is 9.72. The first kappa shape index (κ1) is 14.8. The SMILES string of the molecule is CCCCc1ccnc(Nc2ccc(Br)cc2OC)n1. The molecule has 0 amide bonds. The van der Waals surface area contributed by atoms with Gasteiger partial charge in [0.1, 0.15) is 5.75 Å². The van der Waals surface area contributed by atoms with E-state index in [4.69, 9.17) is 4.74 Å². The van der Waals surface area contributed by atoms with Gasteiger partial charge in [0.25, 0.3) is 0 Å². The number of methoxy groups -OCH3 is 1. The van der Waals surface area contributed by atoms with Gasteiger partial charge in [-0.25, -0.2) is 9.97 Å². The standard InChI is InChI=1S/C15H18BrN3O/c1-3-4-5-12-8-9-17-15(18-12)19-13-7-6-11(16)10-14(13)20-2/h6-10H,3-5H2,1-2H3,(H,17,18,19). The quantitative estimate of drug-likeness (QED) is 0.853. The molecule has 0 atom stereocenters. The second-order valence-corrected chi connectivity index (χ2v) is 5.36. The van der Waals surface area contributed by atoms with Gasteiger partial charge in [0.2, 0.25) is 5.95 Å². The number of unbranched alkanes of at least 4 members (excludes halogenated alkanes) is 1. The third kappa shape index (κ3) is 3.93. The van der Waals surface area contributed by atoms with Gasteiger partial charge in [0, 0.05) is 16.4 Å². The summed E-state index contributed by atoms with van der Waals surface area (Å²) in [6, 6.07) is 7.75. The van der Waals surface area contributed by atoms with Crippen molar-refractivity contribution in [3.63, 3.8) is 0 Å². The van der Waals surface area contributed by atoms with Gasteiger partial charge < -0.3 is 10.1 Å². The van der Waals surface area contributed by atoms with Crippen molar-refractivity contribution in [2.45, 2.75) is 26.2 Å². The van der Waals surface area contributed by atoms with Gasteiger partial charge >= 0.3 is 0 Å². The monoisotopic (exact) mass is 335 g/mol. The maximum Gasteiger partial charge on any atom is 0.227 e. The minimum absolute atomic E-state index is 0.597. The van der Waals surface area contributed by atoms with Crippen molar-refractivity contribution < 1.29 is 4.74 Å². The molecule has 0 aliphatic rings. The zero-order chi connectivity index (χ0) is 14.4. The van der Waals surface area contributed by atoms with Crippen LogP contribution in [0, 0.1) is 0 Å². The molecule has 20 heavy (non-hydrogen) atoms. The Bertz CT molecular complexity index is 575. The van der Waals surface area contributed by atoms with E-state index < -0.39 is 0 Å². The smallest absolute Gasteiger partial charge is 0.227 e. The van der Waals surface area contributed by atoms with Crippen molar-refractivity contribution >= 4 is 27.6 Å². The largest absolute Gasteiger partial charge is 0.495 e. The summed E-state index contributed by atoms with van der Waals surface area (Å²) in [6.07, 6.45) is 5.06. The van der Waals surface area contributed by atoms with Crippen LogP contribution in [0.3, 0.4) is 0 Å². The molecule has 0 fully saturated rings. The molecule has 4 nitrogen and oxygen atoms in total. The molecule has 2 aromatic rings. The molecule has 0 bridgehead atoms. The number of nitrogens with zero attached hydrogens (tertiary/aromatic N) is 2. The summed E-state index contributed by atoms with van der Waals surface area (Å²) in [6.45, 7) is 2.17. The molecule has 1 aromatic heterocycles. The van der Waals surface area contributed by atoms with Crippen LogP contribution in [0.15, 0.2) is 34.9 Å². The molecule has 0 aliphatic carbocycles. The van der Waals surface area contributed by atoms with Crippen molar-refractivity contribution in [1.29, 1.82) is 0 Å². The summed E-state index contributed by atoms with van der Waals surface area (Å²) < 4.78 is 6.32. The van der Waals surface area contributed by atoms with E-state index in [0.29, 0.717) is 5.95 Å². The highest BCUT2D eigenvalue weighted by atomic mass is 79.9. The number of benzene rings is 1. The molecule has 1 heterocycles. The fraction of sp³-hybridized carbons (Fsp3) is 0.333. The van der Waals surface area contributed by atoms with Crippen molar-refractivity contribution in [1.82, 2.24) is 9.97 Å². The number of aryl methyl sites for hydroxylation is 1. The maximum atomic E-state index is 5.35. The topological polar surface area (TPSA) is 47.0 Å². The van der Waals surface area contributed by atoms with Gasteiger partial charge in [0.15, 0.2) is 0 Å². The van der Waals surface area contributed by atoms with Crippen molar-refractivity contribution in [2.75, 3.05) is 12.4 Å². The van der Waals surface area contributed by atoms with Crippen LogP contribution in [0.4, 0.5) is 11.6 Å². The van der Waals surface area contributed by atoms with Gasteiger partial charge in [-0.3, -0.25) is 0 Å². The predicted molar refractivity (Wildman–Crippen MR) is 84.6 cm³/mol. The lowest BCUT2D eigenvalue weighted by Crippen LogP contribution is -2.01. The highest BCUT2D eigenvalue weighted by molar-refractivity contribution is 9.10. The molecular formula is C15H18BrN3O. The average molecular weight is 336 g/mol.